The highest BCUT2D eigenvalue weighted by Crippen LogP contribution is 2.15. The van der Waals surface area contributed by atoms with Crippen LogP contribution in [0, 0.1) is 0 Å². The first-order chi connectivity index (χ1) is 8.72. The first kappa shape index (κ1) is 11.0. The standard InChI is InChI=1S/C18H16/c1-4-14-9-10-17-12(2)15-7-5-6-8-16(15)13(3)18(17)11-14/h5-11H,2-4H2,1H3. The first-order valence-electron chi connectivity index (χ1n) is 6.33. The lowest BCUT2D eigenvalue weighted by Gasteiger charge is -2.07. The Hall–Kier alpha value is -2.08. The van der Waals surface area contributed by atoms with Crippen LogP contribution in [-0.2, 0) is 6.42 Å². The van der Waals surface area contributed by atoms with Gasteiger partial charge >= 0.3 is 0 Å². The van der Waals surface area contributed by atoms with Gasteiger partial charge in [-0.25, -0.2) is 0 Å². The summed E-state index contributed by atoms with van der Waals surface area (Å²) >= 11 is 0. The van der Waals surface area contributed by atoms with Crippen LogP contribution in [0.1, 0.15) is 12.5 Å². The maximum atomic E-state index is 4.27. The second kappa shape index (κ2) is 3.99. The van der Waals surface area contributed by atoms with Gasteiger partial charge in [-0.1, -0.05) is 62.5 Å². The normalized spacial score (nSPS) is 11.2. The molecular formula is C18H16. The fourth-order valence-electron chi connectivity index (χ4n) is 2.62. The number of benzene rings is 3. The van der Waals surface area contributed by atoms with Gasteiger partial charge in [0.1, 0.15) is 0 Å². The summed E-state index contributed by atoms with van der Waals surface area (Å²) in [7, 11) is 0. The van der Waals surface area contributed by atoms with Crippen molar-refractivity contribution in [3.8, 4) is 0 Å². The molecular weight excluding hydrogens is 216 g/mol. The van der Waals surface area contributed by atoms with Crippen LogP contribution in [0.3, 0.4) is 0 Å². The van der Waals surface area contributed by atoms with Crippen molar-refractivity contribution in [2.75, 3.05) is 0 Å². The average Bonchev–Trinajstić information content (AvgIpc) is 2.44. The third-order valence-electron chi connectivity index (χ3n) is 3.72. The largest absolute Gasteiger partial charge is 0.0905 e. The van der Waals surface area contributed by atoms with Crippen LogP contribution < -0.4 is 10.4 Å². The molecule has 0 saturated heterocycles. The maximum Gasteiger partial charge on any atom is -0.0102 e. The summed E-state index contributed by atoms with van der Waals surface area (Å²) in [6.45, 7) is 10.7. The van der Waals surface area contributed by atoms with E-state index in [1.165, 1.54) is 27.1 Å². The Labute approximate surface area is 107 Å². The van der Waals surface area contributed by atoms with Crippen LogP contribution in [0.5, 0.6) is 0 Å². The highest BCUT2D eigenvalue weighted by molar-refractivity contribution is 5.99. The van der Waals surface area contributed by atoms with Gasteiger partial charge in [0, 0.05) is 0 Å². The summed E-state index contributed by atoms with van der Waals surface area (Å²) in [5, 5.41) is 7.09. The molecule has 88 valence electrons. The van der Waals surface area contributed by atoms with Gasteiger partial charge in [0.2, 0.25) is 0 Å². The molecule has 3 aromatic rings. The van der Waals surface area contributed by atoms with Crippen molar-refractivity contribution in [3.63, 3.8) is 0 Å². The van der Waals surface area contributed by atoms with Gasteiger partial charge in [0.25, 0.3) is 0 Å². The maximum absolute atomic E-state index is 4.27. The van der Waals surface area contributed by atoms with Gasteiger partial charge in [0.05, 0.1) is 0 Å². The third kappa shape index (κ3) is 1.46. The topological polar surface area (TPSA) is 0 Å². The molecule has 0 radical (unpaired) electrons. The molecule has 0 unspecified atom stereocenters. The molecule has 0 atom stereocenters. The van der Waals surface area contributed by atoms with E-state index in [4.69, 9.17) is 0 Å². The molecule has 0 aliphatic heterocycles. The first-order valence-corrected chi connectivity index (χ1v) is 6.33. The van der Waals surface area contributed by atoms with E-state index < -0.39 is 0 Å². The van der Waals surface area contributed by atoms with Crippen molar-refractivity contribution in [2.24, 2.45) is 0 Å². The molecule has 3 rings (SSSR count). The second-order valence-electron chi connectivity index (χ2n) is 4.74. The van der Waals surface area contributed by atoms with Gasteiger partial charge in [-0.3, -0.25) is 0 Å². The second-order valence-corrected chi connectivity index (χ2v) is 4.74. The molecule has 0 aromatic heterocycles. The van der Waals surface area contributed by atoms with E-state index in [1.54, 1.807) is 0 Å². The minimum absolute atomic E-state index is 1.05. The van der Waals surface area contributed by atoms with Gasteiger partial charge in [-0.15, -0.1) is 0 Å². The molecule has 0 N–H and O–H groups in total. The highest BCUT2D eigenvalue weighted by atomic mass is 14.1. The molecule has 0 aliphatic rings. The van der Waals surface area contributed by atoms with E-state index in [9.17, 15) is 0 Å². The monoisotopic (exact) mass is 232 g/mol. The van der Waals surface area contributed by atoms with Gasteiger partial charge in [-0.2, -0.15) is 0 Å². The lowest BCUT2D eigenvalue weighted by molar-refractivity contribution is 1.15. The third-order valence-corrected chi connectivity index (χ3v) is 3.72. The number of hydrogen-bond donors (Lipinski definition) is 0. The fraction of sp³-hybridized carbons (Fsp3) is 0.111. The van der Waals surface area contributed by atoms with E-state index in [0.29, 0.717) is 0 Å². The Morgan fingerprint density at radius 1 is 0.778 bits per heavy atom. The van der Waals surface area contributed by atoms with Crippen molar-refractivity contribution in [2.45, 2.75) is 13.3 Å². The van der Waals surface area contributed by atoms with Crippen molar-refractivity contribution in [1.29, 1.82) is 0 Å². The predicted octanol–water partition coefficient (Wildman–Crippen LogP) is 3.38. The van der Waals surface area contributed by atoms with Crippen molar-refractivity contribution in [3.05, 3.63) is 58.5 Å². The van der Waals surface area contributed by atoms with Gasteiger partial charge < -0.3 is 0 Å². The Morgan fingerprint density at radius 3 is 1.94 bits per heavy atom. The zero-order valence-electron chi connectivity index (χ0n) is 10.7. The molecule has 3 aromatic carbocycles. The molecule has 0 heterocycles. The number of rotatable bonds is 1. The summed E-state index contributed by atoms with van der Waals surface area (Å²) in [5.74, 6) is 0. The minimum Gasteiger partial charge on any atom is -0.0905 e. The molecule has 0 amide bonds. The molecule has 0 aliphatic carbocycles. The van der Waals surface area contributed by atoms with Crippen LogP contribution in [0.25, 0.3) is 34.7 Å². The quantitative estimate of drug-likeness (QED) is 0.564. The average molecular weight is 232 g/mol. The highest BCUT2D eigenvalue weighted by Gasteiger charge is 2.03. The van der Waals surface area contributed by atoms with Crippen LogP contribution in [0.15, 0.2) is 42.5 Å². The molecule has 18 heavy (non-hydrogen) atoms. The van der Waals surface area contributed by atoms with E-state index in [-0.39, 0.29) is 0 Å². The Bertz CT molecular complexity index is 841. The SMILES string of the molecule is C=c1c2ccccc2c(=C)c2cc(CC)ccc12. The Kier molecular flexibility index (Phi) is 2.45. The molecule has 0 spiro atoms. The number of fused-ring (bicyclic) bond motifs is 2. The molecule has 0 fully saturated rings. The molecule has 0 heteroatoms. The van der Waals surface area contributed by atoms with Crippen molar-refractivity contribution >= 4 is 34.7 Å². The van der Waals surface area contributed by atoms with Crippen molar-refractivity contribution in [1.82, 2.24) is 0 Å². The zero-order valence-corrected chi connectivity index (χ0v) is 10.7. The molecule has 0 bridgehead atoms. The summed E-state index contributed by atoms with van der Waals surface area (Å²) in [6.07, 6.45) is 1.05. The van der Waals surface area contributed by atoms with Crippen molar-refractivity contribution < 1.29 is 0 Å². The predicted molar refractivity (Wildman–Crippen MR) is 81.1 cm³/mol. The summed E-state index contributed by atoms with van der Waals surface area (Å²) in [6, 6.07) is 15.0. The smallest absolute Gasteiger partial charge is 0.0102 e. The number of hydrogen-bond acceptors (Lipinski definition) is 0. The van der Waals surface area contributed by atoms with Crippen LogP contribution in [0.2, 0.25) is 0 Å². The van der Waals surface area contributed by atoms with Gasteiger partial charge in [-0.05, 0) is 44.0 Å². The lowest BCUT2D eigenvalue weighted by atomic mass is 9.97. The fourth-order valence-corrected chi connectivity index (χ4v) is 2.62. The lowest BCUT2D eigenvalue weighted by Crippen LogP contribution is -2.12. The Morgan fingerprint density at radius 2 is 1.33 bits per heavy atom. The van der Waals surface area contributed by atoms with Crippen LogP contribution in [-0.4, -0.2) is 0 Å². The van der Waals surface area contributed by atoms with E-state index in [0.717, 1.165) is 16.9 Å². The molecule has 0 nitrogen and oxygen atoms in total. The summed E-state index contributed by atoms with van der Waals surface area (Å²) < 4.78 is 0. The van der Waals surface area contributed by atoms with E-state index >= 15 is 0 Å². The van der Waals surface area contributed by atoms with E-state index in [1.807, 2.05) is 0 Å². The zero-order chi connectivity index (χ0) is 12.7. The number of aryl methyl sites for hydroxylation is 1. The van der Waals surface area contributed by atoms with Crippen LogP contribution >= 0.6 is 0 Å². The summed E-state index contributed by atoms with van der Waals surface area (Å²) in [4.78, 5) is 0. The Balaban J connectivity index is 2.63. The molecule has 0 saturated carbocycles. The van der Waals surface area contributed by atoms with E-state index in [2.05, 4.69) is 62.5 Å². The summed E-state index contributed by atoms with van der Waals surface area (Å²) in [5.41, 5.74) is 1.35. The van der Waals surface area contributed by atoms with Gasteiger partial charge in [0.15, 0.2) is 0 Å². The van der Waals surface area contributed by atoms with Crippen LogP contribution in [0.4, 0.5) is 0 Å². The minimum atomic E-state index is 1.05.